The highest BCUT2D eigenvalue weighted by atomic mass is 16.2. The topological polar surface area (TPSA) is 177 Å². The Bertz CT molecular complexity index is 1410. The Kier molecular flexibility index (Phi) is 10.2. The van der Waals surface area contributed by atoms with Gasteiger partial charge in [-0.05, 0) is 37.6 Å². The van der Waals surface area contributed by atoms with Crippen LogP contribution in [0.5, 0.6) is 0 Å². The van der Waals surface area contributed by atoms with Gasteiger partial charge in [0.15, 0.2) is 0 Å². The molecule has 228 valence electrons. The zero-order chi connectivity index (χ0) is 31.1. The number of benzene rings is 1. The third-order valence-corrected chi connectivity index (χ3v) is 7.68. The number of aromatic nitrogens is 4. The smallest absolute Gasteiger partial charge is 0.246 e. The van der Waals surface area contributed by atoms with E-state index < -0.39 is 47.9 Å². The summed E-state index contributed by atoms with van der Waals surface area (Å²) in [6, 6.07) is 10.9. The molecule has 5 N–H and O–H groups in total. The van der Waals surface area contributed by atoms with Crippen LogP contribution in [0.25, 0.3) is 11.4 Å². The fraction of sp³-hybridized carbons (Fsp3) is 0.433. The number of hydrogen-bond acceptors (Lipinski definition) is 8. The summed E-state index contributed by atoms with van der Waals surface area (Å²) in [6.45, 7) is 5.49. The summed E-state index contributed by atoms with van der Waals surface area (Å²) in [5.74, 6) is -2.20. The third-order valence-electron chi connectivity index (χ3n) is 7.68. The van der Waals surface area contributed by atoms with Crippen LogP contribution in [0.15, 0.2) is 60.9 Å². The molecule has 4 rings (SSSR count). The first-order chi connectivity index (χ1) is 20.6. The van der Waals surface area contributed by atoms with Crippen molar-refractivity contribution >= 4 is 23.6 Å². The molecule has 43 heavy (non-hydrogen) atoms. The molecule has 0 saturated carbocycles. The van der Waals surface area contributed by atoms with Crippen LogP contribution in [0.4, 0.5) is 0 Å². The maximum absolute atomic E-state index is 14.0. The van der Waals surface area contributed by atoms with E-state index >= 15 is 0 Å². The molecule has 13 heteroatoms. The van der Waals surface area contributed by atoms with Gasteiger partial charge in [-0.25, -0.2) is 4.68 Å². The molecule has 1 aromatic carbocycles. The van der Waals surface area contributed by atoms with Gasteiger partial charge < -0.3 is 26.6 Å². The maximum atomic E-state index is 14.0. The summed E-state index contributed by atoms with van der Waals surface area (Å²) >= 11 is 0. The lowest BCUT2D eigenvalue weighted by Crippen LogP contribution is -2.58. The molecule has 5 atom stereocenters. The zero-order valence-electron chi connectivity index (χ0n) is 24.8. The zero-order valence-corrected chi connectivity index (χ0v) is 24.8. The second-order valence-electron chi connectivity index (χ2n) is 11.1. The normalized spacial score (nSPS) is 18.6. The molecule has 0 spiro atoms. The lowest BCUT2D eigenvalue weighted by atomic mass is 10.0. The number of nitrogens with one attached hydrogen (secondary N) is 3. The first kappa shape index (κ1) is 31.3. The number of likely N-dealkylation sites (tertiary alicyclic amines) is 1. The standard InChI is InChI=1S/C30H39N9O4/c1-18(2)26(35-28(41)19(3)32-4)30(43)38-16-21(39-17-24(36-37-39)22-12-8-9-13-33-22)15-25(38)29(42)34-23(27(31)40)14-20-10-6-5-7-11-20/h5-13,17-19,21,23,25-26,32H,14-16H2,1-4H3,(H2,31,40)(H,34,42)(H,35,41)/t19-,21+,23-,25-,26-/m0/s1. The molecule has 0 radical (unpaired) electrons. The summed E-state index contributed by atoms with van der Waals surface area (Å²) < 4.78 is 1.62. The van der Waals surface area contributed by atoms with E-state index in [1.54, 1.807) is 37.1 Å². The predicted molar refractivity (Wildman–Crippen MR) is 159 cm³/mol. The van der Waals surface area contributed by atoms with Crippen LogP contribution in [-0.4, -0.2) is 86.3 Å². The number of hydrogen-bond donors (Lipinski definition) is 4. The Morgan fingerprint density at radius 1 is 1.00 bits per heavy atom. The minimum Gasteiger partial charge on any atom is -0.368 e. The number of nitrogens with zero attached hydrogens (tertiary/aromatic N) is 5. The van der Waals surface area contributed by atoms with Gasteiger partial charge in [-0.15, -0.1) is 5.10 Å². The SMILES string of the molecule is CN[C@@H](C)C(=O)N[C@H](C(=O)N1C[C@H](n2cc(-c3ccccn3)nn2)C[C@H]1C(=O)N[C@@H](Cc1ccccc1)C(N)=O)C(C)C. The number of nitrogens with two attached hydrogens (primary N) is 1. The second-order valence-corrected chi connectivity index (χ2v) is 11.1. The van der Waals surface area contributed by atoms with Crippen molar-refractivity contribution in [3.63, 3.8) is 0 Å². The number of primary amides is 1. The first-order valence-corrected chi connectivity index (χ1v) is 14.3. The Labute approximate surface area is 250 Å². The quantitative estimate of drug-likeness (QED) is 0.235. The second kappa shape index (κ2) is 14.0. The molecule has 1 aliphatic heterocycles. The van der Waals surface area contributed by atoms with E-state index in [0.29, 0.717) is 11.4 Å². The Morgan fingerprint density at radius 3 is 2.35 bits per heavy atom. The molecular weight excluding hydrogens is 550 g/mol. The van der Waals surface area contributed by atoms with Crippen LogP contribution >= 0.6 is 0 Å². The van der Waals surface area contributed by atoms with E-state index in [-0.39, 0.29) is 31.2 Å². The molecular formula is C30H39N9O4. The number of carbonyl (C=O) groups excluding carboxylic acids is 4. The molecule has 1 aliphatic rings. The van der Waals surface area contributed by atoms with Crippen LogP contribution in [-0.2, 0) is 25.6 Å². The fourth-order valence-electron chi connectivity index (χ4n) is 5.03. The molecule has 1 saturated heterocycles. The van der Waals surface area contributed by atoms with Gasteiger partial charge in [0.1, 0.15) is 23.8 Å². The van der Waals surface area contributed by atoms with Crippen molar-refractivity contribution < 1.29 is 19.2 Å². The van der Waals surface area contributed by atoms with Crippen LogP contribution in [0.1, 0.15) is 38.8 Å². The number of carbonyl (C=O) groups is 4. The third kappa shape index (κ3) is 7.60. The van der Waals surface area contributed by atoms with Gasteiger partial charge in [-0.3, -0.25) is 24.2 Å². The first-order valence-electron chi connectivity index (χ1n) is 14.3. The number of pyridine rings is 1. The highest BCUT2D eigenvalue weighted by molar-refractivity contribution is 5.95. The van der Waals surface area contributed by atoms with E-state index in [1.165, 1.54) is 4.90 Å². The van der Waals surface area contributed by atoms with Crippen molar-refractivity contribution in [1.29, 1.82) is 0 Å². The number of likely N-dealkylation sites (N-methyl/N-ethyl adjacent to an activating group) is 1. The molecule has 3 heterocycles. The van der Waals surface area contributed by atoms with Crippen molar-refractivity contribution in [1.82, 2.24) is 40.8 Å². The summed E-state index contributed by atoms with van der Waals surface area (Å²) in [6.07, 6.45) is 3.80. The molecule has 13 nitrogen and oxygen atoms in total. The summed E-state index contributed by atoms with van der Waals surface area (Å²) in [7, 11) is 1.66. The van der Waals surface area contributed by atoms with Crippen molar-refractivity contribution in [3.8, 4) is 11.4 Å². The highest BCUT2D eigenvalue weighted by Crippen LogP contribution is 2.30. The van der Waals surface area contributed by atoms with E-state index in [4.69, 9.17) is 5.73 Å². The predicted octanol–water partition coefficient (Wildman–Crippen LogP) is 0.444. The average Bonchev–Trinajstić information content (AvgIpc) is 3.68. The van der Waals surface area contributed by atoms with Crippen molar-refractivity contribution in [3.05, 3.63) is 66.5 Å². The fourth-order valence-corrected chi connectivity index (χ4v) is 5.03. The van der Waals surface area contributed by atoms with Gasteiger partial charge in [-0.2, -0.15) is 0 Å². The number of rotatable bonds is 12. The largest absolute Gasteiger partial charge is 0.368 e. The summed E-state index contributed by atoms with van der Waals surface area (Å²) in [4.78, 5) is 58.7. The average molecular weight is 590 g/mol. The van der Waals surface area contributed by atoms with Gasteiger partial charge in [0.05, 0.1) is 24.0 Å². The molecule has 0 unspecified atom stereocenters. The minimum atomic E-state index is -0.981. The molecule has 2 aromatic heterocycles. The maximum Gasteiger partial charge on any atom is 0.246 e. The summed E-state index contributed by atoms with van der Waals surface area (Å²) in [5.41, 5.74) is 7.69. The summed E-state index contributed by atoms with van der Waals surface area (Å²) in [5, 5.41) is 17.0. The minimum absolute atomic E-state index is 0.141. The Hall–Kier alpha value is -4.65. The molecule has 1 fully saturated rings. The van der Waals surface area contributed by atoms with Gasteiger partial charge in [-0.1, -0.05) is 55.5 Å². The van der Waals surface area contributed by atoms with Gasteiger partial charge in [0.2, 0.25) is 23.6 Å². The Morgan fingerprint density at radius 2 is 1.72 bits per heavy atom. The van der Waals surface area contributed by atoms with Crippen LogP contribution in [0.3, 0.4) is 0 Å². The van der Waals surface area contributed by atoms with Gasteiger partial charge in [0, 0.05) is 25.6 Å². The Balaban J connectivity index is 1.61. The van der Waals surface area contributed by atoms with Crippen LogP contribution < -0.4 is 21.7 Å². The molecule has 4 amide bonds. The lowest BCUT2D eigenvalue weighted by Gasteiger charge is -2.31. The molecule has 3 aromatic rings. The van der Waals surface area contributed by atoms with E-state index in [2.05, 4.69) is 31.2 Å². The monoisotopic (exact) mass is 589 g/mol. The molecule has 0 aliphatic carbocycles. The number of amides is 4. The van der Waals surface area contributed by atoms with Crippen molar-refractivity contribution in [2.24, 2.45) is 11.7 Å². The van der Waals surface area contributed by atoms with E-state index in [9.17, 15) is 19.2 Å². The van der Waals surface area contributed by atoms with Crippen molar-refractivity contribution in [2.75, 3.05) is 13.6 Å². The van der Waals surface area contributed by atoms with Crippen LogP contribution in [0, 0.1) is 5.92 Å². The van der Waals surface area contributed by atoms with E-state index in [0.717, 1.165) is 5.56 Å². The lowest BCUT2D eigenvalue weighted by molar-refractivity contribution is -0.143. The molecule has 0 bridgehead atoms. The van der Waals surface area contributed by atoms with E-state index in [1.807, 2.05) is 56.3 Å². The van der Waals surface area contributed by atoms with Gasteiger partial charge >= 0.3 is 0 Å². The van der Waals surface area contributed by atoms with Crippen molar-refractivity contribution in [2.45, 2.75) is 63.8 Å². The highest BCUT2D eigenvalue weighted by Gasteiger charge is 2.44. The van der Waals surface area contributed by atoms with Gasteiger partial charge in [0.25, 0.3) is 0 Å². The van der Waals surface area contributed by atoms with Crippen LogP contribution in [0.2, 0.25) is 0 Å².